The number of carbonyl (C=O) groups is 3. The Hall–Kier alpha value is -3.53. The van der Waals surface area contributed by atoms with Crippen molar-refractivity contribution >= 4 is 35.2 Å². The first kappa shape index (κ1) is 19.8. The van der Waals surface area contributed by atoms with Gasteiger partial charge in [-0.1, -0.05) is 6.07 Å². The summed E-state index contributed by atoms with van der Waals surface area (Å²) in [5.41, 5.74) is 2.02. The number of aliphatic hydroxyl groups is 1. The van der Waals surface area contributed by atoms with Crippen LogP contribution in [0.5, 0.6) is 0 Å². The molecule has 4 N–H and O–H groups in total. The zero-order valence-corrected chi connectivity index (χ0v) is 16.2. The van der Waals surface area contributed by atoms with Crippen molar-refractivity contribution in [2.45, 2.75) is 31.8 Å². The first-order valence-corrected chi connectivity index (χ1v) is 9.78. The molecule has 2 aromatic rings. The SMILES string of the molecule is O=C1CCC(N2Cc3c(Nc4ccnc(NCCCO)n4)cccc3C2=O)C(=O)N1. The van der Waals surface area contributed by atoms with Gasteiger partial charge in [-0.3, -0.25) is 19.7 Å². The van der Waals surface area contributed by atoms with E-state index < -0.39 is 11.9 Å². The number of aromatic nitrogens is 2. The minimum absolute atomic E-state index is 0.0821. The minimum Gasteiger partial charge on any atom is -0.396 e. The fourth-order valence-corrected chi connectivity index (χ4v) is 3.63. The van der Waals surface area contributed by atoms with E-state index in [1.165, 1.54) is 4.90 Å². The Labute approximate surface area is 172 Å². The quantitative estimate of drug-likeness (QED) is 0.388. The molecule has 0 spiro atoms. The summed E-state index contributed by atoms with van der Waals surface area (Å²) in [5.74, 6) is 0.0162. The van der Waals surface area contributed by atoms with Gasteiger partial charge < -0.3 is 20.6 Å². The van der Waals surface area contributed by atoms with Crippen molar-refractivity contribution in [2.24, 2.45) is 0 Å². The molecule has 3 amide bonds. The second-order valence-electron chi connectivity index (χ2n) is 7.13. The van der Waals surface area contributed by atoms with Crippen molar-refractivity contribution in [3.8, 4) is 0 Å². The van der Waals surface area contributed by atoms with Gasteiger partial charge >= 0.3 is 0 Å². The molecule has 3 heterocycles. The summed E-state index contributed by atoms with van der Waals surface area (Å²) in [6.07, 6.45) is 2.74. The molecule has 30 heavy (non-hydrogen) atoms. The van der Waals surface area contributed by atoms with Crippen LogP contribution in [-0.2, 0) is 16.1 Å². The average molecular weight is 410 g/mol. The monoisotopic (exact) mass is 410 g/mol. The van der Waals surface area contributed by atoms with Gasteiger partial charge in [-0.2, -0.15) is 4.98 Å². The predicted octanol–water partition coefficient (Wildman–Crippen LogP) is 0.775. The largest absolute Gasteiger partial charge is 0.396 e. The number of anilines is 3. The molecule has 10 heteroatoms. The van der Waals surface area contributed by atoms with Crippen LogP contribution >= 0.6 is 0 Å². The maximum absolute atomic E-state index is 12.9. The Balaban J connectivity index is 1.53. The smallest absolute Gasteiger partial charge is 0.255 e. The molecule has 0 bridgehead atoms. The van der Waals surface area contributed by atoms with Crippen molar-refractivity contribution in [3.05, 3.63) is 41.6 Å². The van der Waals surface area contributed by atoms with Gasteiger partial charge in [0, 0.05) is 49.1 Å². The number of hydrogen-bond acceptors (Lipinski definition) is 8. The number of piperidine rings is 1. The highest BCUT2D eigenvalue weighted by molar-refractivity contribution is 6.06. The van der Waals surface area contributed by atoms with E-state index in [0.717, 1.165) is 11.3 Å². The summed E-state index contributed by atoms with van der Waals surface area (Å²) in [4.78, 5) is 46.6. The van der Waals surface area contributed by atoms with Gasteiger partial charge in [-0.15, -0.1) is 0 Å². The number of carbonyl (C=O) groups excluding carboxylic acids is 3. The predicted molar refractivity (Wildman–Crippen MR) is 108 cm³/mol. The van der Waals surface area contributed by atoms with E-state index in [4.69, 9.17) is 5.11 Å². The van der Waals surface area contributed by atoms with E-state index in [9.17, 15) is 14.4 Å². The van der Waals surface area contributed by atoms with Gasteiger partial charge in [-0.05, 0) is 31.0 Å². The van der Waals surface area contributed by atoms with Crippen LogP contribution in [0.1, 0.15) is 35.2 Å². The van der Waals surface area contributed by atoms with Crippen molar-refractivity contribution in [2.75, 3.05) is 23.8 Å². The molecule has 10 nitrogen and oxygen atoms in total. The molecular weight excluding hydrogens is 388 g/mol. The van der Waals surface area contributed by atoms with E-state index >= 15 is 0 Å². The van der Waals surface area contributed by atoms with Crippen LogP contribution in [0.15, 0.2) is 30.5 Å². The van der Waals surface area contributed by atoms with E-state index in [2.05, 4.69) is 25.9 Å². The van der Waals surface area contributed by atoms with Gasteiger partial charge in [-0.25, -0.2) is 4.98 Å². The Morgan fingerprint density at radius 1 is 1.23 bits per heavy atom. The Morgan fingerprint density at radius 2 is 2.10 bits per heavy atom. The molecule has 0 aliphatic carbocycles. The maximum Gasteiger partial charge on any atom is 0.255 e. The van der Waals surface area contributed by atoms with Crippen LogP contribution in [0.2, 0.25) is 0 Å². The second kappa shape index (κ2) is 8.46. The third-order valence-corrected chi connectivity index (χ3v) is 5.12. The lowest BCUT2D eigenvalue weighted by molar-refractivity contribution is -0.136. The molecule has 2 aliphatic rings. The summed E-state index contributed by atoms with van der Waals surface area (Å²) < 4.78 is 0. The van der Waals surface area contributed by atoms with Gasteiger partial charge in [0.15, 0.2) is 0 Å². The van der Waals surface area contributed by atoms with Crippen LogP contribution in [-0.4, -0.2) is 56.9 Å². The number of fused-ring (bicyclic) bond motifs is 1. The van der Waals surface area contributed by atoms with Crippen molar-refractivity contribution in [1.29, 1.82) is 0 Å². The molecule has 1 aromatic carbocycles. The molecule has 4 rings (SSSR count). The van der Waals surface area contributed by atoms with E-state index in [0.29, 0.717) is 36.7 Å². The van der Waals surface area contributed by atoms with E-state index in [1.54, 1.807) is 24.4 Å². The fraction of sp³-hybridized carbons (Fsp3) is 0.350. The molecule has 2 aliphatic heterocycles. The Kier molecular flexibility index (Phi) is 5.57. The van der Waals surface area contributed by atoms with Crippen molar-refractivity contribution in [3.63, 3.8) is 0 Å². The van der Waals surface area contributed by atoms with Gasteiger partial charge in [0.25, 0.3) is 5.91 Å². The summed E-state index contributed by atoms with van der Waals surface area (Å²) in [7, 11) is 0. The van der Waals surface area contributed by atoms with Gasteiger partial charge in [0.05, 0.1) is 0 Å². The van der Waals surface area contributed by atoms with Crippen LogP contribution < -0.4 is 16.0 Å². The van der Waals surface area contributed by atoms with Crippen LogP contribution in [0.4, 0.5) is 17.5 Å². The first-order valence-electron chi connectivity index (χ1n) is 9.78. The number of rotatable bonds is 7. The Bertz CT molecular complexity index is 995. The summed E-state index contributed by atoms with van der Waals surface area (Å²) in [6.45, 7) is 0.908. The van der Waals surface area contributed by atoms with E-state index in [-0.39, 0.29) is 31.4 Å². The fourth-order valence-electron chi connectivity index (χ4n) is 3.63. The molecule has 1 aromatic heterocycles. The highest BCUT2D eigenvalue weighted by Gasteiger charge is 2.39. The van der Waals surface area contributed by atoms with Crippen LogP contribution in [0, 0.1) is 0 Å². The number of nitrogens with one attached hydrogen (secondary N) is 3. The summed E-state index contributed by atoms with van der Waals surface area (Å²) >= 11 is 0. The zero-order valence-electron chi connectivity index (χ0n) is 16.2. The molecule has 1 saturated heterocycles. The lowest BCUT2D eigenvalue weighted by atomic mass is 10.0. The zero-order chi connectivity index (χ0) is 21.1. The van der Waals surface area contributed by atoms with Gasteiger partial charge in [0.2, 0.25) is 17.8 Å². The number of nitrogens with zero attached hydrogens (tertiary/aromatic N) is 3. The molecule has 0 saturated carbocycles. The highest BCUT2D eigenvalue weighted by atomic mass is 16.3. The number of hydrogen-bond donors (Lipinski definition) is 4. The molecule has 1 atom stereocenters. The standard InChI is InChI=1S/C20H22N6O4/c27-10-2-8-21-20-22-9-7-16(24-20)23-14-4-1-3-12-13(14)11-26(19(12)30)15-5-6-17(28)25-18(15)29/h1,3-4,7,9,15,27H,2,5-6,8,10-11H2,(H,25,28,29)(H2,21,22,23,24). The molecule has 1 unspecified atom stereocenters. The highest BCUT2D eigenvalue weighted by Crippen LogP contribution is 2.33. The summed E-state index contributed by atoms with van der Waals surface area (Å²) in [6, 6.07) is 6.41. The lowest BCUT2D eigenvalue weighted by Crippen LogP contribution is -2.52. The topological polar surface area (TPSA) is 137 Å². The normalized spacial score (nSPS) is 18.2. The second-order valence-corrected chi connectivity index (χ2v) is 7.13. The maximum atomic E-state index is 12.9. The van der Waals surface area contributed by atoms with Crippen LogP contribution in [0.3, 0.4) is 0 Å². The average Bonchev–Trinajstić information content (AvgIpc) is 3.06. The van der Waals surface area contributed by atoms with Crippen LogP contribution in [0.25, 0.3) is 0 Å². The third kappa shape index (κ3) is 3.94. The number of imide groups is 1. The van der Waals surface area contributed by atoms with Gasteiger partial charge in [0.1, 0.15) is 11.9 Å². The van der Waals surface area contributed by atoms with E-state index in [1.807, 2.05) is 6.07 Å². The molecule has 0 radical (unpaired) electrons. The number of benzene rings is 1. The first-order chi connectivity index (χ1) is 14.6. The molecule has 1 fully saturated rings. The number of amides is 3. The van der Waals surface area contributed by atoms with Crippen molar-refractivity contribution in [1.82, 2.24) is 20.2 Å². The number of aliphatic hydroxyl groups excluding tert-OH is 1. The lowest BCUT2D eigenvalue weighted by Gasteiger charge is -2.29. The summed E-state index contributed by atoms with van der Waals surface area (Å²) in [5, 5.41) is 17.4. The molecular formula is C20H22N6O4. The molecule has 156 valence electrons. The minimum atomic E-state index is -0.656. The van der Waals surface area contributed by atoms with Crippen molar-refractivity contribution < 1.29 is 19.5 Å². The third-order valence-electron chi connectivity index (χ3n) is 5.12. The Morgan fingerprint density at radius 3 is 2.90 bits per heavy atom.